The van der Waals surface area contributed by atoms with Crippen molar-refractivity contribution >= 4 is 5.91 Å². The molecule has 0 saturated heterocycles. The SMILES string of the molecule is Cc1cccc(CCNC(=O)c2ccc(O)cc2C)c1. The fourth-order valence-corrected chi connectivity index (χ4v) is 2.19. The van der Waals surface area contributed by atoms with Crippen molar-refractivity contribution in [2.75, 3.05) is 6.54 Å². The van der Waals surface area contributed by atoms with Gasteiger partial charge >= 0.3 is 0 Å². The molecule has 0 fully saturated rings. The van der Waals surface area contributed by atoms with Gasteiger partial charge in [0.2, 0.25) is 0 Å². The third-order valence-electron chi connectivity index (χ3n) is 3.24. The molecule has 2 N–H and O–H groups in total. The summed E-state index contributed by atoms with van der Waals surface area (Å²) in [6, 6.07) is 13.0. The van der Waals surface area contributed by atoms with E-state index >= 15 is 0 Å². The Kier molecular flexibility index (Phi) is 4.41. The van der Waals surface area contributed by atoms with Crippen LogP contribution in [0.3, 0.4) is 0 Å². The average molecular weight is 269 g/mol. The molecular formula is C17H19NO2. The number of carbonyl (C=O) groups is 1. The number of hydrogen-bond acceptors (Lipinski definition) is 2. The topological polar surface area (TPSA) is 49.3 Å². The number of benzene rings is 2. The minimum atomic E-state index is -0.102. The molecule has 2 rings (SSSR count). The van der Waals surface area contributed by atoms with Gasteiger partial charge in [-0.05, 0) is 49.6 Å². The molecule has 0 aromatic heterocycles. The number of aromatic hydroxyl groups is 1. The van der Waals surface area contributed by atoms with Crippen LogP contribution in [0.15, 0.2) is 42.5 Å². The molecule has 0 aliphatic carbocycles. The quantitative estimate of drug-likeness (QED) is 0.896. The molecule has 0 unspecified atom stereocenters. The molecule has 0 bridgehead atoms. The molecule has 1 amide bonds. The standard InChI is InChI=1S/C17H19NO2/c1-12-4-3-5-14(10-12)8-9-18-17(20)16-7-6-15(19)11-13(16)2/h3-7,10-11,19H,8-9H2,1-2H3,(H,18,20). The predicted octanol–water partition coefficient (Wildman–Crippen LogP) is 2.98. The summed E-state index contributed by atoms with van der Waals surface area (Å²) >= 11 is 0. The third-order valence-corrected chi connectivity index (χ3v) is 3.24. The summed E-state index contributed by atoms with van der Waals surface area (Å²) in [5, 5.41) is 12.2. The van der Waals surface area contributed by atoms with Gasteiger partial charge in [-0.25, -0.2) is 0 Å². The Labute approximate surface area is 119 Å². The molecule has 0 radical (unpaired) electrons. The van der Waals surface area contributed by atoms with E-state index in [1.165, 1.54) is 17.2 Å². The van der Waals surface area contributed by atoms with Crippen LogP contribution in [0.4, 0.5) is 0 Å². The highest BCUT2D eigenvalue weighted by Gasteiger charge is 2.08. The van der Waals surface area contributed by atoms with E-state index in [1.807, 2.05) is 13.0 Å². The predicted molar refractivity (Wildman–Crippen MR) is 80.1 cm³/mol. The number of aryl methyl sites for hydroxylation is 2. The van der Waals surface area contributed by atoms with E-state index in [0.29, 0.717) is 12.1 Å². The lowest BCUT2D eigenvalue weighted by Gasteiger charge is -2.08. The lowest BCUT2D eigenvalue weighted by molar-refractivity contribution is 0.0953. The Balaban J connectivity index is 1.92. The number of nitrogens with one attached hydrogen (secondary N) is 1. The van der Waals surface area contributed by atoms with Crippen molar-refractivity contribution < 1.29 is 9.90 Å². The van der Waals surface area contributed by atoms with E-state index in [-0.39, 0.29) is 11.7 Å². The Bertz CT molecular complexity index is 620. The first-order chi connectivity index (χ1) is 9.56. The highest BCUT2D eigenvalue weighted by molar-refractivity contribution is 5.95. The van der Waals surface area contributed by atoms with Crippen LogP contribution in [-0.2, 0) is 6.42 Å². The van der Waals surface area contributed by atoms with Crippen molar-refractivity contribution in [3.63, 3.8) is 0 Å². The van der Waals surface area contributed by atoms with Crippen LogP contribution in [0.25, 0.3) is 0 Å². The van der Waals surface area contributed by atoms with E-state index in [2.05, 4.69) is 30.4 Å². The van der Waals surface area contributed by atoms with Gasteiger partial charge < -0.3 is 10.4 Å². The van der Waals surface area contributed by atoms with Gasteiger partial charge in [0.05, 0.1) is 0 Å². The second kappa shape index (κ2) is 6.24. The lowest BCUT2D eigenvalue weighted by Crippen LogP contribution is -2.26. The molecule has 3 heteroatoms. The van der Waals surface area contributed by atoms with E-state index in [4.69, 9.17) is 0 Å². The maximum absolute atomic E-state index is 12.0. The Hall–Kier alpha value is -2.29. The van der Waals surface area contributed by atoms with Gasteiger partial charge in [-0.15, -0.1) is 0 Å². The molecule has 0 spiro atoms. The van der Waals surface area contributed by atoms with Crippen molar-refractivity contribution in [2.24, 2.45) is 0 Å². The molecular weight excluding hydrogens is 250 g/mol. The summed E-state index contributed by atoms with van der Waals surface area (Å²) in [7, 11) is 0. The lowest BCUT2D eigenvalue weighted by atomic mass is 10.1. The highest BCUT2D eigenvalue weighted by atomic mass is 16.3. The maximum Gasteiger partial charge on any atom is 0.251 e. The maximum atomic E-state index is 12.0. The number of phenolic OH excluding ortho intramolecular Hbond substituents is 1. The van der Waals surface area contributed by atoms with E-state index in [1.54, 1.807) is 12.1 Å². The molecule has 0 saturated carbocycles. The number of rotatable bonds is 4. The zero-order chi connectivity index (χ0) is 14.5. The smallest absolute Gasteiger partial charge is 0.251 e. The summed E-state index contributed by atoms with van der Waals surface area (Å²) in [4.78, 5) is 12.0. The Morgan fingerprint density at radius 1 is 1.15 bits per heavy atom. The average Bonchev–Trinajstić information content (AvgIpc) is 2.38. The normalized spacial score (nSPS) is 10.3. The molecule has 0 aliphatic rings. The van der Waals surface area contributed by atoms with Gasteiger partial charge in [0.1, 0.15) is 5.75 Å². The van der Waals surface area contributed by atoms with Gasteiger partial charge in [0.15, 0.2) is 0 Å². The van der Waals surface area contributed by atoms with Crippen LogP contribution in [0, 0.1) is 13.8 Å². The Morgan fingerprint density at radius 2 is 1.95 bits per heavy atom. The van der Waals surface area contributed by atoms with Gasteiger partial charge in [-0.3, -0.25) is 4.79 Å². The van der Waals surface area contributed by atoms with E-state index in [9.17, 15) is 9.90 Å². The van der Waals surface area contributed by atoms with Crippen molar-refractivity contribution in [3.05, 3.63) is 64.7 Å². The van der Waals surface area contributed by atoms with Crippen LogP contribution in [0.1, 0.15) is 27.0 Å². The number of carbonyl (C=O) groups excluding carboxylic acids is 1. The van der Waals surface area contributed by atoms with Gasteiger partial charge in [0, 0.05) is 12.1 Å². The second-order valence-corrected chi connectivity index (χ2v) is 4.99. The zero-order valence-electron chi connectivity index (χ0n) is 11.8. The number of phenols is 1. The van der Waals surface area contributed by atoms with Crippen LogP contribution >= 0.6 is 0 Å². The van der Waals surface area contributed by atoms with E-state index < -0.39 is 0 Å². The fraction of sp³-hybridized carbons (Fsp3) is 0.235. The summed E-state index contributed by atoms with van der Waals surface area (Å²) in [6.45, 7) is 4.47. The fourth-order valence-electron chi connectivity index (χ4n) is 2.19. The summed E-state index contributed by atoms with van der Waals surface area (Å²) in [5.41, 5.74) is 3.82. The summed E-state index contributed by atoms with van der Waals surface area (Å²) < 4.78 is 0. The minimum Gasteiger partial charge on any atom is -0.508 e. The van der Waals surface area contributed by atoms with Gasteiger partial charge in [-0.1, -0.05) is 29.8 Å². The number of amides is 1. The molecule has 20 heavy (non-hydrogen) atoms. The van der Waals surface area contributed by atoms with Crippen molar-refractivity contribution in [2.45, 2.75) is 20.3 Å². The third kappa shape index (κ3) is 3.60. The molecule has 104 valence electrons. The number of hydrogen-bond donors (Lipinski definition) is 2. The highest BCUT2D eigenvalue weighted by Crippen LogP contribution is 2.15. The molecule has 3 nitrogen and oxygen atoms in total. The van der Waals surface area contributed by atoms with Crippen LogP contribution in [-0.4, -0.2) is 17.6 Å². The van der Waals surface area contributed by atoms with Crippen molar-refractivity contribution in [1.29, 1.82) is 0 Å². The largest absolute Gasteiger partial charge is 0.508 e. The second-order valence-electron chi connectivity index (χ2n) is 4.99. The zero-order valence-corrected chi connectivity index (χ0v) is 11.8. The first-order valence-corrected chi connectivity index (χ1v) is 6.69. The summed E-state index contributed by atoms with van der Waals surface area (Å²) in [5.74, 6) is 0.0777. The minimum absolute atomic E-state index is 0.102. The van der Waals surface area contributed by atoms with Gasteiger partial charge in [-0.2, -0.15) is 0 Å². The van der Waals surface area contributed by atoms with Crippen molar-refractivity contribution in [3.8, 4) is 5.75 Å². The molecule has 0 aliphatic heterocycles. The van der Waals surface area contributed by atoms with Crippen LogP contribution in [0.5, 0.6) is 5.75 Å². The Morgan fingerprint density at radius 3 is 2.65 bits per heavy atom. The summed E-state index contributed by atoms with van der Waals surface area (Å²) in [6.07, 6.45) is 0.810. The first-order valence-electron chi connectivity index (χ1n) is 6.69. The monoisotopic (exact) mass is 269 g/mol. The van der Waals surface area contributed by atoms with Crippen molar-refractivity contribution in [1.82, 2.24) is 5.32 Å². The van der Waals surface area contributed by atoms with Gasteiger partial charge in [0.25, 0.3) is 5.91 Å². The van der Waals surface area contributed by atoms with E-state index in [0.717, 1.165) is 12.0 Å². The van der Waals surface area contributed by atoms with Crippen LogP contribution in [0.2, 0.25) is 0 Å². The molecule has 2 aromatic carbocycles. The molecule has 2 aromatic rings. The molecule has 0 heterocycles. The first kappa shape index (κ1) is 14.1. The van der Waals surface area contributed by atoms with Crippen LogP contribution < -0.4 is 5.32 Å². The molecule has 0 atom stereocenters.